The molecule has 0 bridgehead atoms. The highest BCUT2D eigenvalue weighted by atomic mass is 19.2. The van der Waals surface area contributed by atoms with Crippen LogP contribution in [0.15, 0.2) is 12.1 Å². The highest BCUT2D eigenvalue weighted by Crippen LogP contribution is 2.45. The van der Waals surface area contributed by atoms with E-state index >= 15 is 0 Å². The minimum Gasteiger partial charge on any atom is -0.490 e. The molecule has 0 radical (unpaired) electrons. The van der Waals surface area contributed by atoms with E-state index in [1.807, 2.05) is 0 Å². The quantitative estimate of drug-likeness (QED) is 0.236. The minimum absolute atomic E-state index is 0.0781. The third-order valence-corrected chi connectivity index (χ3v) is 9.39. The normalized spacial score (nSPS) is 26.0. The minimum atomic E-state index is -0.790. The Labute approximate surface area is 214 Å². The van der Waals surface area contributed by atoms with Crippen LogP contribution >= 0.6 is 0 Å². The van der Waals surface area contributed by atoms with Crippen LogP contribution in [0.1, 0.15) is 141 Å². The van der Waals surface area contributed by atoms with Gasteiger partial charge < -0.3 is 4.74 Å². The molecule has 0 aromatic heterocycles. The van der Waals surface area contributed by atoms with E-state index in [-0.39, 0.29) is 11.7 Å². The predicted octanol–water partition coefficient (Wildman–Crippen LogP) is 10.6. The smallest absolute Gasteiger partial charge is 0.200 e. The molecule has 3 rings (SSSR count). The monoisotopic (exact) mass is 490 g/mol. The van der Waals surface area contributed by atoms with Gasteiger partial charge in [0.1, 0.15) is 0 Å². The Bertz CT molecular complexity index is 717. The van der Waals surface area contributed by atoms with Crippen molar-refractivity contribution in [2.45, 2.75) is 136 Å². The summed E-state index contributed by atoms with van der Waals surface area (Å²) in [6.45, 7) is 7.41. The third-order valence-electron chi connectivity index (χ3n) is 9.39. The standard InChI is InChI=1S/C32H52F2O/c1-4-6-8-9-11-23-35-30-22-21-29(31(33)32(30)34)28-19-17-27(18-20-28)24(3)26-15-13-25(14-16-26)12-10-7-5-2/h21-22,24-28H,4-20,23H2,1-3H3/t24?,25?,26?,27-,28-. The molecule has 2 saturated carbocycles. The molecule has 2 aliphatic carbocycles. The molecule has 1 nitrogen and oxygen atoms in total. The molecule has 2 aliphatic rings. The molecule has 0 heterocycles. The van der Waals surface area contributed by atoms with Crippen LogP contribution in [0.3, 0.4) is 0 Å². The Morgan fingerprint density at radius 1 is 0.743 bits per heavy atom. The maximum Gasteiger partial charge on any atom is 0.200 e. The molecule has 0 spiro atoms. The van der Waals surface area contributed by atoms with Crippen molar-refractivity contribution in [1.82, 2.24) is 0 Å². The van der Waals surface area contributed by atoms with Gasteiger partial charge >= 0.3 is 0 Å². The maximum absolute atomic E-state index is 15.0. The molecule has 1 unspecified atom stereocenters. The van der Waals surface area contributed by atoms with Gasteiger partial charge in [-0.3, -0.25) is 0 Å². The molecule has 200 valence electrons. The lowest BCUT2D eigenvalue weighted by molar-refractivity contribution is 0.131. The summed E-state index contributed by atoms with van der Waals surface area (Å²) in [6, 6.07) is 3.45. The van der Waals surface area contributed by atoms with Gasteiger partial charge in [-0.05, 0) is 86.2 Å². The van der Waals surface area contributed by atoms with E-state index in [0.717, 1.165) is 62.2 Å². The largest absolute Gasteiger partial charge is 0.490 e. The first-order valence-corrected chi connectivity index (χ1v) is 15.2. The Kier molecular flexibility index (Phi) is 12.4. The van der Waals surface area contributed by atoms with Crippen LogP contribution in [0, 0.1) is 35.3 Å². The van der Waals surface area contributed by atoms with Crippen LogP contribution in [-0.4, -0.2) is 6.61 Å². The fourth-order valence-corrected chi connectivity index (χ4v) is 6.89. The predicted molar refractivity (Wildman–Crippen MR) is 144 cm³/mol. The average molecular weight is 491 g/mol. The van der Waals surface area contributed by atoms with E-state index in [1.165, 1.54) is 70.6 Å². The van der Waals surface area contributed by atoms with Crippen LogP contribution in [0.4, 0.5) is 8.78 Å². The van der Waals surface area contributed by atoms with Gasteiger partial charge in [-0.1, -0.05) is 91.0 Å². The summed E-state index contributed by atoms with van der Waals surface area (Å²) in [5, 5.41) is 0. The third kappa shape index (κ3) is 8.46. The van der Waals surface area contributed by atoms with Crippen LogP contribution < -0.4 is 4.74 Å². The van der Waals surface area contributed by atoms with Gasteiger partial charge in [0.15, 0.2) is 11.6 Å². The zero-order chi connectivity index (χ0) is 25.0. The molecular weight excluding hydrogens is 438 g/mol. The molecule has 0 N–H and O–H groups in total. The lowest BCUT2D eigenvalue weighted by atomic mass is 9.66. The second-order valence-corrected chi connectivity index (χ2v) is 11.8. The number of rotatable bonds is 14. The average Bonchev–Trinajstić information content (AvgIpc) is 2.89. The van der Waals surface area contributed by atoms with Crippen LogP contribution in [0.2, 0.25) is 0 Å². The first-order valence-electron chi connectivity index (χ1n) is 15.2. The second kappa shape index (κ2) is 15.2. The van der Waals surface area contributed by atoms with Crippen molar-refractivity contribution >= 4 is 0 Å². The molecule has 1 aromatic rings. The lowest BCUT2D eigenvalue weighted by Gasteiger charge is -2.39. The Balaban J connectivity index is 1.43. The Hall–Kier alpha value is -1.12. The molecule has 0 aliphatic heterocycles. The zero-order valence-electron chi connectivity index (χ0n) is 22.9. The summed E-state index contributed by atoms with van der Waals surface area (Å²) in [4.78, 5) is 0. The Morgan fingerprint density at radius 3 is 2.00 bits per heavy atom. The van der Waals surface area contributed by atoms with Gasteiger partial charge in [0.2, 0.25) is 5.82 Å². The van der Waals surface area contributed by atoms with E-state index in [9.17, 15) is 8.78 Å². The zero-order valence-corrected chi connectivity index (χ0v) is 22.9. The molecule has 3 heteroatoms. The van der Waals surface area contributed by atoms with E-state index in [1.54, 1.807) is 12.1 Å². The van der Waals surface area contributed by atoms with Gasteiger partial charge in [-0.25, -0.2) is 4.39 Å². The highest BCUT2D eigenvalue weighted by molar-refractivity contribution is 5.33. The van der Waals surface area contributed by atoms with Crippen molar-refractivity contribution < 1.29 is 13.5 Å². The van der Waals surface area contributed by atoms with Gasteiger partial charge in [0.25, 0.3) is 0 Å². The molecule has 0 saturated heterocycles. The molecule has 2 fully saturated rings. The Morgan fingerprint density at radius 2 is 1.34 bits per heavy atom. The lowest BCUT2D eigenvalue weighted by Crippen LogP contribution is -2.28. The van der Waals surface area contributed by atoms with Crippen molar-refractivity contribution in [3.05, 3.63) is 29.3 Å². The fraction of sp³-hybridized carbons (Fsp3) is 0.812. The maximum atomic E-state index is 15.0. The summed E-state index contributed by atoms with van der Waals surface area (Å²) in [7, 11) is 0. The molecule has 1 atom stereocenters. The van der Waals surface area contributed by atoms with Crippen molar-refractivity contribution in [2.24, 2.45) is 23.7 Å². The first-order chi connectivity index (χ1) is 17.0. The van der Waals surface area contributed by atoms with Crippen molar-refractivity contribution in [3.63, 3.8) is 0 Å². The fourth-order valence-electron chi connectivity index (χ4n) is 6.89. The molecular formula is C32H52F2O. The number of ether oxygens (including phenoxy) is 1. The SMILES string of the molecule is CCCCCCCOc1ccc([C@H]2CC[C@H](C(C)C3CCC(CCCCC)CC3)CC2)c(F)c1F. The molecule has 35 heavy (non-hydrogen) atoms. The van der Waals surface area contributed by atoms with Crippen molar-refractivity contribution in [1.29, 1.82) is 0 Å². The van der Waals surface area contributed by atoms with Gasteiger partial charge in [-0.2, -0.15) is 4.39 Å². The highest BCUT2D eigenvalue weighted by Gasteiger charge is 2.33. The van der Waals surface area contributed by atoms with Gasteiger partial charge in [0.05, 0.1) is 6.61 Å². The number of hydrogen-bond donors (Lipinski definition) is 0. The van der Waals surface area contributed by atoms with E-state index in [2.05, 4.69) is 20.8 Å². The van der Waals surface area contributed by atoms with Gasteiger partial charge in [-0.15, -0.1) is 0 Å². The first kappa shape index (κ1) is 28.5. The van der Waals surface area contributed by atoms with Crippen LogP contribution in [0.25, 0.3) is 0 Å². The van der Waals surface area contributed by atoms with Crippen LogP contribution in [0.5, 0.6) is 5.75 Å². The summed E-state index contributed by atoms with van der Waals surface area (Å²) >= 11 is 0. The number of benzene rings is 1. The summed E-state index contributed by atoms with van der Waals surface area (Å²) in [5.41, 5.74) is 0.566. The van der Waals surface area contributed by atoms with Crippen molar-refractivity contribution in [3.8, 4) is 5.75 Å². The number of unbranched alkanes of at least 4 members (excludes halogenated alkanes) is 6. The summed E-state index contributed by atoms with van der Waals surface area (Å²) < 4.78 is 35.3. The molecule has 1 aromatic carbocycles. The van der Waals surface area contributed by atoms with Gasteiger partial charge in [0, 0.05) is 0 Å². The van der Waals surface area contributed by atoms with E-state index in [4.69, 9.17) is 4.74 Å². The summed E-state index contributed by atoms with van der Waals surface area (Å²) in [5.74, 6) is 2.10. The topological polar surface area (TPSA) is 9.23 Å². The van der Waals surface area contributed by atoms with E-state index < -0.39 is 11.6 Å². The summed E-state index contributed by atoms with van der Waals surface area (Å²) in [6.07, 6.45) is 21.0. The molecule has 0 amide bonds. The second-order valence-electron chi connectivity index (χ2n) is 11.8. The van der Waals surface area contributed by atoms with E-state index in [0.29, 0.717) is 12.2 Å². The number of hydrogen-bond acceptors (Lipinski definition) is 1. The van der Waals surface area contributed by atoms with Crippen LogP contribution in [-0.2, 0) is 0 Å². The van der Waals surface area contributed by atoms with Crippen molar-refractivity contribution in [2.75, 3.05) is 6.61 Å². The number of halogens is 2.